The molecule has 1 atom stereocenters. The smallest absolute Gasteiger partial charge is 0.339 e. The van der Waals surface area contributed by atoms with Crippen LogP contribution in [0.1, 0.15) is 92.6 Å². The topological polar surface area (TPSA) is 159 Å². The van der Waals surface area contributed by atoms with Crippen molar-refractivity contribution in [2.24, 2.45) is 17.6 Å². The predicted molar refractivity (Wildman–Crippen MR) is 183 cm³/mol. The molecule has 3 amide bonds. The third kappa shape index (κ3) is 9.02. The molecule has 1 spiro atoms. The number of aromatic nitrogens is 2. The fourth-order valence-electron chi connectivity index (χ4n) is 5.68. The molecule has 3 aromatic rings. The third-order valence-corrected chi connectivity index (χ3v) is 10.7. The van der Waals surface area contributed by atoms with Gasteiger partial charge in [0.05, 0.1) is 10.4 Å². The number of likely N-dealkylation sites (tertiary alicyclic amines) is 2. The van der Waals surface area contributed by atoms with Crippen LogP contribution in [0.5, 0.6) is 0 Å². The van der Waals surface area contributed by atoms with Crippen molar-refractivity contribution in [1.29, 1.82) is 0 Å². The lowest BCUT2D eigenvalue weighted by atomic mass is 9.88. The molecule has 48 heavy (non-hydrogen) atoms. The van der Waals surface area contributed by atoms with E-state index in [2.05, 4.69) is 25.8 Å². The molecule has 3 aliphatic heterocycles. The molecule has 0 aliphatic carbocycles. The number of fused-ring (bicyclic) bond motifs is 3. The lowest BCUT2D eigenvalue weighted by Crippen LogP contribution is -2.60. The van der Waals surface area contributed by atoms with Crippen molar-refractivity contribution in [3.05, 3.63) is 52.9 Å². The Hall–Kier alpha value is -3.32. The molecule has 4 N–H and O–H groups in total. The van der Waals surface area contributed by atoms with Crippen LogP contribution in [0.2, 0.25) is 0 Å². The Bertz CT molecular complexity index is 1570. The summed E-state index contributed by atoms with van der Waals surface area (Å²) < 4.78 is 29.4. The Morgan fingerprint density at radius 1 is 1.15 bits per heavy atom. The summed E-state index contributed by atoms with van der Waals surface area (Å²) in [5.74, 6) is 1.73. The van der Waals surface area contributed by atoms with Gasteiger partial charge in [-0.25, -0.2) is 4.98 Å². The molecule has 11 nitrogen and oxygen atoms in total. The standard InChI is InChI=1S/C12H23NO.C10H8F2NO3PS.C9H9N3O2.C2H6/c1-10(2)11(3)6-7-12(14)13-8-4-5-9-13;11-10(12,17(15)16)6-1-2-7-5(3-6)4-8(18-7)9(13)14;13-6-11-4-9(5-11)3-7(14)8-10-1-2-12(8)9;1-2/h10-11H,4-9H2,1-3H3;1-4,15-16H,(H2,13,14);1-2,6H,3-5H2;1-2H3/t11-;;;/m0.../s1. The first-order chi connectivity index (χ1) is 22.7. The van der Waals surface area contributed by atoms with Crippen LogP contribution in [0.4, 0.5) is 8.78 Å². The van der Waals surface area contributed by atoms with Gasteiger partial charge in [0.15, 0.2) is 5.82 Å². The molecule has 6 rings (SSSR count). The molecular formula is C33H46F2N5O6PS. The number of hydrogen-bond acceptors (Lipinski definition) is 8. The van der Waals surface area contributed by atoms with Gasteiger partial charge in [0.1, 0.15) is 0 Å². The summed E-state index contributed by atoms with van der Waals surface area (Å²) in [7, 11) is -3.40. The van der Waals surface area contributed by atoms with Crippen molar-refractivity contribution in [1.82, 2.24) is 19.4 Å². The molecule has 1 aromatic carbocycles. The molecule has 0 bridgehead atoms. The Morgan fingerprint density at radius 2 is 1.79 bits per heavy atom. The average molecular weight is 710 g/mol. The summed E-state index contributed by atoms with van der Waals surface area (Å²) in [4.78, 5) is 70.0. The Morgan fingerprint density at radius 3 is 2.35 bits per heavy atom. The lowest BCUT2D eigenvalue weighted by molar-refractivity contribution is -0.130. The van der Waals surface area contributed by atoms with E-state index in [-0.39, 0.29) is 16.2 Å². The van der Waals surface area contributed by atoms with Crippen molar-refractivity contribution >= 4 is 53.8 Å². The Kier molecular flexibility index (Phi) is 13.7. The highest BCUT2D eigenvalue weighted by atomic mass is 32.1. The molecule has 264 valence electrons. The fraction of sp³-hybridized carbons (Fsp3) is 0.545. The van der Waals surface area contributed by atoms with E-state index in [9.17, 15) is 28.0 Å². The molecule has 2 saturated heterocycles. The van der Waals surface area contributed by atoms with E-state index in [1.807, 2.05) is 29.5 Å². The number of primary amides is 1. The number of nitrogens with two attached hydrogens (primary N) is 1. The summed E-state index contributed by atoms with van der Waals surface area (Å²) in [6.45, 7) is 13.9. The second-order valence-electron chi connectivity index (χ2n) is 12.4. The van der Waals surface area contributed by atoms with Gasteiger partial charge in [0.25, 0.3) is 5.91 Å². The van der Waals surface area contributed by atoms with Gasteiger partial charge in [-0.15, -0.1) is 11.3 Å². The third-order valence-electron chi connectivity index (χ3n) is 8.80. The first-order valence-corrected chi connectivity index (χ1v) is 18.2. The van der Waals surface area contributed by atoms with Gasteiger partial charge in [0, 0.05) is 61.7 Å². The number of Topliss-reactive ketones (excluding diaryl/α,β-unsaturated/α-hetero) is 1. The van der Waals surface area contributed by atoms with E-state index in [0.717, 1.165) is 55.8 Å². The average Bonchev–Trinajstić information content (AvgIpc) is 3.85. The zero-order chi connectivity index (χ0) is 35.8. The van der Waals surface area contributed by atoms with Crippen molar-refractivity contribution in [3.8, 4) is 0 Å². The van der Waals surface area contributed by atoms with Crippen LogP contribution in [0.3, 0.4) is 0 Å². The molecule has 3 aliphatic rings. The number of hydrogen-bond donors (Lipinski definition) is 3. The van der Waals surface area contributed by atoms with Gasteiger partial charge in [-0.2, -0.15) is 8.78 Å². The second kappa shape index (κ2) is 16.9. The van der Waals surface area contributed by atoms with E-state index < -0.39 is 25.5 Å². The van der Waals surface area contributed by atoms with Crippen molar-refractivity contribution in [2.75, 3.05) is 26.2 Å². The highest BCUT2D eigenvalue weighted by Crippen LogP contribution is 2.53. The summed E-state index contributed by atoms with van der Waals surface area (Å²) >= 11 is 1.09. The van der Waals surface area contributed by atoms with E-state index in [0.29, 0.717) is 53.2 Å². The Balaban J connectivity index is 0.000000192. The SMILES string of the molecule is CC.CC(C)[C@@H](C)CCC(=O)N1CCCC1.NC(=O)c1cc2cc(C(F)(F)P(O)O)ccc2s1.O=CN1CC2(CC(=O)c3nccn32)C1. The normalized spacial score (nSPS) is 16.8. The Labute approximate surface area is 285 Å². The number of carbonyl (C=O) groups excluding carboxylic acids is 4. The highest BCUT2D eigenvalue weighted by molar-refractivity contribution is 7.46. The largest absolute Gasteiger partial charge is 0.365 e. The van der Waals surface area contributed by atoms with Gasteiger partial charge >= 0.3 is 5.66 Å². The minimum absolute atomic E-state index is 0.0838. The number of halogens is 2. The first-order valence-electron chi connectivity index (χ1n) is 16.1. The molecule has 5 heterocycles. The van der Waals surface area contributed by atoms with Crippen LogP contribution in [0, 0.1) is 11.8 Å². The molecule has 2 aromatic heterocycles. The summed E-state index contributed by atoms with van der Waals surface area (Å²) in [5.41, 5.74) is 0.723. The molecule has 0 saturated carbocycles. The van der Waals surface area contributed by atoms with Crippen LogP contribution in [-0.4, -0.2) is 79.3 Å². The maximum atomic E-state index is 13.4. The number of benzene rings is 1. The van der Waals surface area contributed by atoms with Crippen LogP contribution < -0.4 is 5.73 Å². The van der Waals surface area contributed by atoms with Gasteiger partial charge in [-0.05, 0) is 54.7 Å². The van der Waals surface area contributed by atoms with Gasteiger partial charge in [0.2, 0.25) is 26.5 Å². The van der Waals surface area contributed by atoms with E-state index in [4.69, 9.17) is 15.5 Å². The van der Waals surface area contributed by atoms with Gasteiger partial charge in [-0.1, -0.05) is 40.7 Å². The quantitative estimate of drug-likeness (QED) is 0.200. The molecular weight excluding hydrogens is 663 g/mol. The van der Waals surface area contributed by atoms with Crippen LogP contribution in [-0.2, 0) is 20.8 Å². The number of alkyl halides is 2. The van der Waals surface area contributed by atoms with Crippen LogP contribution in [0.15, 0.2) is 36.7 Å². The zero-order valence-corrected chi connectivity index (χ0v) is 29.8. The molecule has 2 fully saturated rings. The number of amides is 3. The fourth-order valence-corrected chi connectivity index (χ4v) is 6.95. The minimum Gasteiger partial charge on any atom is -0.365 e. The van der Waals surface area contributed by atoms with E-state index >= 15 is 0 Å². The molecule has 0 unspecified atom stereocenters. The van der Waals surface area contributed by atoms with Gasteiger partial charge in [-0.3, -0.25) is 19.2 Å². The summed E-state index contributed by atoms with van der Waals surface area (Å²) in [6, 6.07) is 5.03. The first kappa shape index (κ1) is 39.1. The number of thiophene rings is 1. The molecule has 15 heteroatoms. The van der Waals surface area contributed by atoms with Crippen LogP contribution in [0.25, 0.3) is 10.1 Å². The van der Waals surface area contributed by atoms with Gasteiger partial charge < -0.3 is 29.9 Å². The number of ketones is 1. The number of imidazole rings is 1. The van der Waals surface area contributed by atoms with E-state index in [1.54, 1.807) is 11.1 Å². The maximum Gasteiger partial charge on any atom is 0.339 e. The maximum absolute atomic E-state index is 13.4. The second-order valence-corrected chi connectivity index (χ2v) is 14.6. The number of nitrogens with zero attached hydrogens (tertiary/aromatic N) is 4. The number of carbonyl (C=O) groups is 4. The summed E-state index contributed by atoms with van der Waals surface area (Å²) in [5, 5.41) is 0.419. The minimum atomic E-state index is -3.70. The van der Waals surface area contributed by atoms with Crippen molar-refractivity contribution < 1.29 is 37.7 Å². The monoisotopic (exact) mass is 709 g/mol. The van der Waals surface area contributed by atoms with E-state index in [1.165, 1.54) is 25.0 Å². The number of rotatable bonds is 8. The lowest BCUT2D eigenvalue weighted by Gasteiger charge is -2.46. The molecule has 0 radical (unpaired) electrons. The van der Waals surface area contributed by atoms with Crippen molar-refractivity contribution in [3.63, 3.8) is 0 Å². The highest BCUT2D eigenvalue weighted by Gasteiger charge is 2.51. The van der Waals surface area contributed by atoms with Crippen molar-refractivity contribution in [2.45, 2.75) is 77.9 Å². The zero-order valence-electron chi connectivity index (χ0n) is 28.1. The predicted octanol–water partition coefficient (Wildman–Crippen LogP) is 5.69. The van der Waals surface area contributed by atoms with Crippen LogP contribution >= 0.6 is 19.7 Å². The summed E-state index contributed by atoms with van der Waals surface area (Å²) in [6.07, 6.45) is 8.97.